The summed E-state index contributed by atoms with van der Waals surface area (Å²) in [5.41, 5.74) is -0.128. The Bertz CT molecular complexity index is 1490. The second-order valence-electron chi connectivity index (χ2n) is 13.4. The van der Waals surface area contributed by atoms with E-state index in [1.807, 2.05) is 6.92 Å². The molecule has 0 amide bonds. The highest BCUT2D eigenvalue weighted by Gasteiger charge is 2.82. The Hall–Kier alpha value is -3.09. The van der Waals surface area contributed by atoms with Crippen LogP contribution in [0.3, 0.4) is 0 Å². The molecule has 1 rings (SSSR count). The molecular weight excluding hydrogens is 878 g/mol. The topological polar surface area (TPSA) is 71.1 Å². The Kier molecular flexibility index (Phi) is 18.0. The van der Waals surface area contributed by atoms with Crippen LogP contribution in [0.25, 0.3) is 6.08 Å². The van der Waals surface area contributed by atoms with Crippen LogP contribution in [-0.4, -0.2) is 96.9 Å². The molecule has 0 spiro atoms. The van der Waals surface area contributed by atoms with E-state index in [1.54, 1.807) is 13.8 Å². The lowest BCUT2D eigenvalue weighted by atomic mass is 9.92. The number of rotatable bonds is 24. The van der Waals surface area contributed by atoms with Crippen LogP contribution in [-0.2, 0) is 23.8 Å². The van der Waals surface area contributed by atoms with Crippen molar-refractivity contribution in [1.29, 1.82) is 0 Å². The Labute approximate surface area is 329 Å². The van der Waals surface area contributed by atoms with Crippen molar-refractivity contribution in [1.82, 2.24) is 0 Å². The van der Waals surface area contributed by atoms with E-state index >= 15 is 0 Å². The van der Waals surface area contributed by atoms with Gasteiger partial charge in [0.25, 0.3) is 0 Å². The largest absolute Gasteiger partial charge is 0.494 e. The maximum absolute atomic E-state index is 14.0. The highest BCUT2D eigenvalue weighted by atomic mass is 32.2. The summed E-state index contributed by atoms with van der Waals surface area (Å²) in [5.74, 6) is -44.3. The van der Waals surface area contributed by atoms with E-state index in [-0.39, 0.29) is 23.2 Å². The minimum Gasteiger partial charge on any atom is -0.494 e. The molecule has 1 aromatic rings. The lowest BCUT2D eigenvalue weighted by Crippen LogP contribution is -2.61. The lowest BCUT2D eigenvalue weighted by Gasteiger charge is -2.36. The van der Waals surface area contributed by atoms with Crippen molar-refractivity contribution in [2.45, 2.75) is 113 Å². The first kappa shape index (κ1) is 53.9. The van der Waals surface area contributed by atoms with Gasteiger partial charge in [-0.25, -0.2) is 4.79 Å². The van der Waals surface area contributed by atoms with Crippen molar-refractivity contribution >= 4 is 28.9 Å². The van der Waals surface area contributed by atoms with E-state index < -0.39 is 111 Å². The smallest absolute Gasteiger partial charge is 0.460 e. The van der Waals surface area contributed by atoms with Crippen LogP contribution in [0.4, 0.5) is 79.0 Å². The average Bonchev–Trinajstić information content (AvgIpc) is 3.10. The summed E-state index contributed by atoms with van der Waals surface area (Å²) in [7, 11) is 0. The van der Waals surface area contributed by atoms with Crippen LogP contribution in [0.2, 0.25) is 0 Å². The van der Waals surface area contributed by atoms with Crippen LogP contribution in [0.15, 0.2) is 30.3 Å². The molecule has 0 radical (unpaired) electrons. The van der Waals surface area contributed by atoms with Crippen LogP contribution < -0.4 is 4.74 Å². The summed E-state index contributed by atoms with van der Waals surface area (Å²) in [5, 5.41) is -0.0741. The fraction of sp³-hybridized carbons (Fsp3) is 0.706. The molecule has 0 saturated carbocycles. The molecule has 0 unspecified atom stereocenters. The normalized spacial score (nSPS) is 14.5. The summed E-state index contributed by atoms with van der Waals surface area (Å²) < 4.78 is 258. The molecule has 1 aromatic carbocycles. The Morgan fingerprint density at radius 3 is 1.46 bits per heavy atom. The van der Waals surface area contributed by atoms with Crippen molar-refractivity contribution in [2.24, 2.45) is 5.41 Å². The second kappa shape index (κ2) is 19.7. The first-order valence-electron chi connectivity index (χ1n) is 16.9. The summed E-state index contributed by atoms with van der Waals surface area (Å²) in [4.78, 5) is 24.1. The number of benzene rings is 1. The number of hydrogen-bond acceptors (Lipinski definition) is 7. The van der Waals surface area contributed by atoms with E-state index in [1.165, 1.54) is 30.3 Å². The van der Waals surface area contributed by atoms with Gasteiger partial charge in [-0.3, -0.25) is 4.79 Å². The number of ether oxygens (including phenoxy) is 4. The number of alkyl halides is 18. The summed E-state index contributed by atoms with van der Waals surface area (Å²) in [6, 6.07) is 5.47. The highest BCUT2D eigenvalue weighted by molar-refractivity contribution is 8.13. The third-order valence-corrected chi connectivity index (χ3v) is 9.59. The highest BCUT2D eigenvalue weighted by Crippen LogP contribution is 2.55. The van der Waals surface area contributed by atoms with Crippen molar-refractivity contribution in [3.8, 4) is 5.75 Å². The summed E-state index contributed by atoms with van der Waals surface area (Å²) in [6.45, 7) is 1.61. The molecular formula is C34H38F18O6S. The van der Waals surface area contributed by atoms with Gasteiger partial charge in [0.05, 0.1) is 19.8 Å². The fourth-order valence-corrected chi connectivity index (χ4v) is 5.08. The molecule has 25 heteroatoms. The van der Waals surface area contributed by atoms with Gasteiger partial charge in [0.1, 0.15) is 12.4 Å². The Balaban J connectivity index is 2.99. The lowest BCUT2D eigenvalue weighted by molar-refractivity contribution is -0.399. The van der Waals surface area contributed by atoms with Crippen molar-refractivity contribution in [3.63, 3.8) is 0 Å². The maximum Gasteiger partial charge on any atom is 0.460 e. The van der Waals surface area contributed by atoms with Crippen molar-refractivity contribution in [3.05, 3.63) is 35.9 Å². The Morgan fingerprint density at radius 1 is 0.610 bits per heavy atom. The number of halogens is 18. The van der Waals surface area contributed by atoms with Gasteiger partial charge in [-0.05, 0) is 43.5 Å². The SMILES string of the molecule is CCC(C)(C)C(=O)SCCOC(=O)/C=C/c1ccc(OCCCC(C)(OCCC(F)(F)C(F)(F)C(F)(F)C(F)(F)F)OCCC(F)(F)C(F)(F)C(F)(F)C(F)(F)F)cc1. The Morgan fingerprint density at radius 2 is 1.05 bits per heavy atom. The van der Waals surface area contributed by atoms with Gasteiger partial charge in [-0.2, -0.15) is 79.0 Å². The standard InChI is InChI=1S/C34H38F18O6S/c1-5-25(2,3)24(54)59-20-19-56-23(53)12-9-21-7-10-22(11-8-21)55-16-6-13-26(4,57-17-14-27(35,36)29(39,40)31(43,44)33(47,48)49)58-18-15-28(37,38)30(41,42)32(45,46)34(50,51)52/h7-12H,5-6,13-20H2,1-4H3/b12-9+. The predicted octanol–water partition coefficient (Wildman–Crippen LogP) is 11.6. The molecule has 6 nitrogen and oxygen atoms in total. The molecule has 0 aliphatic carbocycles. The first-order valence-corrected chi connectivity index (χ1v) is 17.9. The molecule has 0 N–H and O–H groups in total. The van der Waals surface area contributed by atoms with Crippen LogP contribution >= 0.6 is 11.8 Å². The van der Waals surface area contributed by atoms with Crippen LogP contribution in [0, 0.1) is 5.41 Å². The molecule has 342 valence electrons. The number of carbonyl (C=O) groups is 2. The van der Waals surface area contributed by atoms with Gasteiger partial charge in [-0.1, -0.05) is 44.7 Å². The third kappa shape index (κ3) is 13.7. The van der Waals surface area contributed by atoms with Gasteiger partial charge in [-0.15, -0.1) is 0 Å². The van der Waals surface area contributed by atoms with E-state index in [2.05, 4.69) is 0 Å². The van der Waals surface area contributed by atoms with E-state index in [9.17, 15) is 88.6 Å². The number of carbonyl (C=O) groups excluding carboxylic acids is 2. The molecule has 0 saturated heterocycles. The number of hydrogen-bond donors (Lipinski definition) is 0. The molecule has 0 fully saturated rings. The minimum atomic E-state index is -7.29. The molecule has 0 bridgehead atoms. The average molecular weight is 917 g/mol. The fourth-order valence-electron chi connectivity index (χ4n) is 4.19. The van der Waals surface area contributed by atoms with Gasteiger partial charge >= 0.3 is 53.9 Å². The maximum atomic E-state index is 14.0. The summed E-state index contributed by atoms with van der Waals surface area (Å²) >= 11 is 1.01. The van der Waals surface area contributed by atoms with E-state index in [4.69, 9.17) is 18.9 Å². The molecule has 0 atom stereocenters. The predicted molar refractivity (Wildman–Crippen MR) is 174 cm³/mol. The van der Waals surface area contributed by atoms with Crippen LogP contribution in [0.1, 0.15) is 65.4 Å². The molecule has 59 heavy (non-hydrogen) atoms. The zero-order chi connectivity index (χ0) is 46.2. The number of esters is 1. The zero-order valence-corrected chi connectivity index (χ0v) is 32.0. The van der Waals surface area contributed by atoms with E-state index in [0.29, 0.717) is 18.9 Å². The van der Waals surface area contributed by atoms with Gasteiger partial charge in [0.2, 0.25) is 0 Å². The van der Waals surface area contributed by atoms with E-state index in [0.717, 1.165) is 17.8 Å². The molecule has 0 heterocycles. The molecule has 0 aliphatic rings. The quantitative estimate of drug-likeness (QED) is 0.0336. The zero-order valence-electron chi connectivity index (χ0n) is 31.2. The monoisotopic (exact) mass is 916 g/mol. The van der Waals surface area contributed by atoms with Gasteiger partial charge in [0.15, 0.2) is 10.9 Å². The first-order chi connectivity index (χ1) is 26.4. The van der Waals surface area contributed by atoms with Crippen LogP contribution in [0.5, 0.6) is 5.75 Å². The van der Waals surface area contributed by atoms with Gasteiger partial charge in [0, 0.05) is 36.5 Å². The van der Waals surface area contributed by atoms with Gasteiger partial charge < -0.3 is 18.9 Å². The van der Waals surface area contributed by atoms with Crippen molar-refractivity contribution < 1.29 is 108 Å². The third-order valence-electron chi connectivity index (χ3n) is 8.40. The molecule has 0 aliphatic heterocycles. The van der Waals surface area contributed by atoms with Crippen molar-refractivity contribution in [2.75, 3.05) is 32.2 Å². The molecule has 0 aromatic heterocycles. The number of thioether (sulfide) groups is 1. The second-order valence-corrected chi connectivity index (χ2v) is 14.5. The summed E-state index contributed by atoms with van der Waals surface area (Å²) in [6.07, 6.45) is -17.9. The minimum absolute atomic E-state index is 0.0616.